The summed E-state index contributed by atoms with van der Waals surface area (Å²) in [7, 11) is 0. The summed E-state index contributed by atoms with van der Waals surface area (Å²) < 4.78 is 16.0. The molecule has 1 heterocycles. The van der Waals surface area contributed by atoms with Crippen molar-refractivity contribution < 1.29 is 28.6 Å². The van der Waals surface area contributed by atoms with E-state index in [1.54, 1.807) is 0 Å². The maximum atomic E-state index is 12.0. The second kappa shape index (κ2) is 16.1. The Balaban J connectivity index is 2.67. The molecule has 1 rings (SSSR count). The summed E-state index contributed by atoms with van der Waals surface area (Å²) in [5, 5.41) is 8.52. The van der Waals surface area contributed by atoms with E-state index in [4.69, 9.17) is 14.2 Å². The van der Waals surface area contributed by atoms with Crippen molar-refractivity contribution in [1.29, 1.82) is 0 Å². The van der Waals surface area contributed by atoms with Gasteiger partial charge in [-0.15, -0.1) is 0 Å². The van der Waals surface area contributed by atoms with Gasteiger partial charge >= 0.3 is 18.3 Å². The zero-order valence-corrected chi connectivity index (χ0v) is 25.8. The highest BCUT2D eigenvalue weighted by atomic mass is 16.6. The van der Waals surface area contributed by atoms with E-state index in [0.717, 1.165) is 39.3 Å². The van der Waals surface area contributed by atoms with Crippen LogP contribution in [0.3, 0.4) is 0 Å². The topological polar surface area (TPSA) is 125 Å². The largest absolute Gasteiger partial charge is 0.444 e. The molecule has 1 fully saturated rings. The molecule has 1 aliphatic heterocycles. The molecular formula is C27H54N6O6. The molecule has 0 radical (unpaired) electrons. The molecule has 0 aromatic carbocycles. The number of hydrogen-bond donors (Lipinski definition) is 3. The van der Waals surface area contributed by atoms with Gasteiger partial charge in [-0.3, -0.25) is 14.7 Å². The lowest BCUT2D eigenvalue weighted by Gasteiger charge is -2.26. The average molecular weight is 559 g/mol. The molecule has 0 spiro atoms. The zero-order chi connectivity index (χ0) is 29.7. The van der Waals surface area contributed by atoms with Gasteiger partial charge in [0.25, 0.3) is 0 Å². The first kappa shape index (κ1) is 34.7. The van der Waals surface area contributed by atoms with Crippen molar-refractivity contribution in [2.45, 2.75) is 79.1 Å². The van der Waals surface area contributed by atoms with Gasteiger partial charge < -0.3 is 30.2 Å². The minimum Gasteiger partial charge on any atom is -0.444 e. The molecule has 0 aliphatic carbocycles. The molecular weight excluding hydrogens is 504 g/mol. The van der Waals surface area contributed by atoms with E-state index in [1.165, 1.54) is 0 Å². The van der Waals surface area contributed by atoms with Crippen LogP contribution in [-0.2, 0) is 14.2 Å². The summed E-state index contributed by atoms with van der Waals surface area (Å²) in [6, 6.07) is 0. The minimum absolute atomic E-state index is 0.420. The fourth-order valence-electron chi connectivity index (χ4n) is 3.75. The highest BCUT2D eigenvalue weighted by Crippen LogP contribution is 2.08. The van der Waals surface area contributed by atoms with Crippen molar-refractivity contribution in [3.8, 4) is 0 Å². The number of amides is 3. The number of rotatable bonds is 9. The molecule has 39 heavy (non-hydrogen) atoms. The normalized spacial score (nSPS) is 16.8. The van der Waals surface area contributed by atoms with Crippen molar-refractivity contribution in [3.05, 3.63) is 0 Å². The quantitative estimate of drug-likeness (QED) is 0.366. The summed E-state index contributed by atoms with van der Waals surface area (Å²) in [4.78, 5) is 43.1. The molecule has 0 saturated carbocycles. The fraction of sp³-hybridized carbons (Fsp3) is 0.889. The lowest BCUT2D eigenvalue weighted by Crippen LogP contribution is -2.43. The van der Waals surface area contributed by atoms with Gasteiger partial charge in [-0.05, 0) is 62.3 Å². The Bertz CT molecular complexity index is 647. The summed E-state index contributed by atoms with van der Waals surface area (Å²) in [5.41, 5.74) is -1.61. The van der Waals surface area contributed by atoms with Gasteiger partial charge in [-0.1, -0.05) is 0 Å². The number of carbonyl (C=O) groups excluding carboxylic acids is 3. The predicted octanol–water partition coefficient (Wildman–Crippen LogP) is 2.48. The van der Waals surface area contributed by atoms with Gasteiger partial charge in [-0.2, -0.15) is 0 Å². The Kier molecular flexibility index (Phi) is 14.3. The first-order valence-corrected chi connectivity index (χ1v) is 14.0. The van der Waals surface area contributed by atoms with Gasteiger partial charge in [0.05, 0.1) is 0 Å². The van der Waals surface area contributed by atoms with Crippen LogP contribution in [0.25, 0.3) is 0 Å². The standard InChI is InChI=1S/C27H54N6O6/c1-25(2,3)37-22(34)28-10-13-31-16-18-32(14-11-29-23(35)38-26(4,5)6)20-21-33(19-17-31)15-12-30-24(36)39-27(7,8)9/h10-21H2,1-9H3,(H,28,34)(H,29,35)(H,30,36). The summed E-state index contributed by atoms with van der Waals surface area (Å²) in [6.45, 7) is 25.0. The van der Waals surface area contributed by atoms with Crippen LogP contribution >= 0.6 is 0 Å². The van der Waals surface area contributed by atoms with Crippen LogP contribution in [0.2, 0.25) is 0 Å². The smallest absolute Gasteiger partial charge is 0.407 e. The predicted molar refractivity (Wildman–Crippen MR) is 152 cm³/mol. The molecule has 0 bridgehead atoms. The SMILES string of the molecule is CC(C)(C)OC(=O)NCCN1CCN(CCNC(=O)OC(C)(C)C)CCN(CCNC(=O)OC(C)(C)C)CC1. The second-order valence-electron chi connectivity index (χ2n) is 12.8. The van der Waals surface area contributed by atoms with Crippen LogP contribution in [0.5, 0.6) is 0 Å². The third-order valence-corrected chi connectivity index (χ3v) is 5.49. The molecule has 1 aliphatic rings. The molecule has 228 valence electrons. The van der Waals surface area contributed by atoms with Gasteiger partial charge in [-0.25, -0.2) is 14.4 Å². The van der Waals surface area contributed by atoms with E-state index in [-0.39, 0.29) is 0 Å². The number of carbonyl (C=O) groups is 3. The summed E-state index contributed by atoms with van der Waals surface area (Å²) >= 11 is 0. The molecule has 0 unspecified atom stereocenters. The third kappa shape index (κ3) is 19.4. The summed E-state index contributed by atoms with van der Waals surface area (Å²) in [6.07, 6.45) is -1.26. The second-order valence-corrected chi connectivity index (χ2v) is 12.8. The number of nitrogens with one attached hydrogen (secondary N) is 3. The Labute approximate surface area is 235 Å². The number of ether oxygens (including phenoxy) is 3. The van der Waals surface area contributed by atoms with Gasteiger partial charge in [0, 0.05) is 78.5 Å². The van der Waals surface area contributed by atoms with Gasteiger partial charge in [0.15, 0.2) is 0 Å². The minimum atomic E-state index is -0.537. The Morgan fingerprint density at radius 3 is 0.872 bits per heavy atom. The monoisotopic (exact) mass is 558 g/mol. The number of alkyl carbamates (subject to hydrolysis) is 3. The highest BCUT2D eigenvalue weighted by Gasteiger charge is 2.20. The van der Waals surface area contributed by atoms with Crippen molar-refractivity contribution in [3.63, 3.8) is 0 Å². The van der Waals surface area contributed by atoms with E-state index in [0.29, 0.717) is 39.3 Å². The van der Waals surface area contributed by atoms with Crippen molar-refractivity contribution in [1.82, 2.24) is 30.7 Å². The first-order valence-electron chi connectivity index (χ1n) is 14.0. The summed E-state index contributed by atoms with van der Waals surface area (Å²) in [5.74, 6) is 0. The van der Waals surface area contributed by atoms with E-state index in [1.807, 2.05) is 62.3 Å². The van der Waals surface area contributed by atoms with E-state index in [2.05, 4.69) is 30.7 Å². The van der Waals surface area contributed by atoms with Gasteiger partial charge in [0.2, 0.25) is 0 Å². The molecule has 12 heteroatoms. The number of nitrogens with zero attached hydrogens (tertiary/aromatic N) is 3. The maximum absolute atomic E-state index is 12.0. The first-order chi connectivity index (χ1) is 17.9. The lowest BCUT2D eigenvalue weighted by atomic mass is 10.2. The fourth-order valence-corrected chi connectivity index (χ4v) is 3.75. The lowest BCUT2D eigenvalue weighted by molar-refractivity contribution is 0.0507. The molecule has 0 aromatic rings. The Morgan fingerprint density at radius 1 is 0.487 bits per heavy atom. The van der Waals surface area contributed by atoms with E-state index >= 15 is 0 Å². The van der Waals surface area contributed by atoms with Crippen LogP contribution in [0.15, 0.2) is 0 Å². The Hall–Kier alpha value is -2.31. The van der Waals surface area contributed by atoms with E-state index in [9.17, 15) is 14.4 Å². The maximum Gasteiger partial charge on any atom is 0.407 e. The van der Waals surface area contributed by atoms with Crippen LogP contribution in [0, 0.1) is 0 Å². The molecule has 0 aromatic heterocycles. The molecule has 1 saturated heterocycles. The molecule has 3 N–H and O–H groups in total. The van der Waals surface area contributed by atoms with Gasteiger partial charge in [0.1, 0.15) is 16.8 Å². The zero-order valence-electron chi connectivity index (χ0n) is 25.8. The van der Waals surface area contributed by atoms with Crippen LogP contribution in [-0.4, -0.2) is 128 Å². The van der Waals surface area contributed by atoms with Crippen molar-refractivity contribution >= 4 is 18.3 Å². The van der Waals surface area contributed by atoms with Crippen molar-refractivity contribution in [2.75, 3.05) is 78.5 Å². The van der Waals surface area contributed by atoms with Crippen LogP contribution in [0.4, 0.5) is 14.4 Å². The van der Waals surface area contributed by atoms with E-state index < -0.39 is 35.1 Å². The molecule has 3 amide bonds. The molecule has 0 atom stereocenters. The molecule has 12 nitrogen and oxygen atoms in total. The number of hydrogen-bond acceptors (Lipinski definition) is 9. The third-order valence-electron chi connectivity index (χ3n) is 5.49. The van der Waals surface area contributed by atoms with Crippen LogP contribution in [0.1, 0.15) is 62.3 Å². The van der Waals surface area contributed by atoms with Crippen LogP contribution < -0.4 is 16.0 Å². The average Bonchev–Trinajstić information content (AvgIpc) is 2.82. The Morgan fingerprint density at radius 2 is 0.692 bits per heavy atom. The highest BCUT2D eigenvalue weighted by molar-refractivity contribution is 5.68. The van der Waals surface area contributed by atoms with Crippen molar-refractivity contribution in [2.24, 2.45) is 0 Å².